The van der Waals surface area contributed by atoms with Crippen molar-refractivity contribution in [2.24, 2.45) is 0 Å². The van der Waals surface area contributed by atoms with Gasteiger partial charge in [-0.05, 0) is 72.6 Å². The molecule has 1 aliphatic heterocycles. The van der Waals surface area contributed by atoms with E-state index in [0.29, 0.717) is 18.9 Å². The number of hydrogen-bond donors (Lipinski definition) is 2. The molecule has 2 N–H and O–H groups in total. The Morgan fingerprint density at radius 1 is 1.33 bits per heavy atom. The molecule has 1 saturated carbocycles. The number of aromatic carboxylic acids is 1. The van der Waals surface area contributed by atoms with Crippen LogP contribution >= 0.6 is 0 Å². The zero-order valence-corrected chi connectivity index (χ0v) is 15.0. The molecule has 6 heteroatoms. The molecule has 0 aromatic carbocycles. The molecule has 136 valence electrons. The summed E-state index contributed by atoms with van der Waals surface area (Å²) in [5, 5.41) is 10.5. The molecule has 6 nitrogen and oxygen atoms in total. The average molecular weight is 361 g/mol. The molecule has 0 bridgehead atoms. The third-order valence-electron chi connectivity index (χ3n) is 5.71. The topological polar surface area (TPSA) is 88.0 Å². The van der Waals surface area contributed by atoms with Crippen molar-refractivity contribution in [1.82, 2.24) is 14.5 Å². The summed E-state index contributed by atoms with van der Waals surface area (Å²) in [4.78, 5) is 31.9. The van der Waals surface area contributed by atoms with Crippen LogP contribution in [-0.4, -0.2) is 25.6 Å². The van der Waals surface area contributed by atoms with E-state index in [4.69, 9.17) is 0 Å². The van der Waals surface area contributed by atoms with Gasteiger partial charge in [0, 0.05) is 24.3 Å². The fourth-order valence-electron chi connectivity index (χ4n) is 4.20. The average Bonchev–Trinajstić information content (AvgIpc) is 3.39. The van der Waals surface area contributed by atoms with Crippen LogP contribution < -0.4 is 5.56 Å². The zero-order chi connectivity index (χ0) is 18.7. The molecule has 3 aromatic rings. The van der Waals surface area contributed by atoms with Crippen molar-refractivity contribution < 1.29 is 9.90 Å². The Kier molecular flexibility index (Phi) is 3.37. The van der Waals surface area contributed by atoms with E-state index in [-0.39, 0.29) is 5.56 Å². The van der Waals surface area contributed by atoms with Crippen LogP contribution in [-0.2, 0) is 6.54 Å². The summed E-state index contributed by atoms with van der Waals surface area (Å²) in [7, 11) is 0. The van der Waals surface area contributed by atoms with Crippen LogP contribution in [0.2, 0.25) is 0 Å². The Balaban J connectivity index is 1.74. The highest BCUT2D eigenvalue weighted by Gasteiger charge is 2.32. The molecule has 0 radical (unpaired) electrons. The molecular formula is C21H19N3O3. The number of aromatic amines is 1. The number of aromatic nitrogens is 3. The van der Waals surface area contributed by atoms with Crippen LogP contribution in [0.4, 0.5) is 0 Å². The Morgan fingerprint density at radius 2 is 2.15 bits per heavy atom. The van der Waals surface area contributed by atoms with Crippen LogP contribution in [0.5, 0.6) is 0 Å². The highest BCUT2D eigenvalue weighted by molar-refractivity contribution is 5.94. The molecule has 0 saturated heterocycles. The number of rotatable bonds is 3. The second kappa shape index (κ2) is 5.67. The first-order valence-corrected chi connectivity index (χ1v) is 9.19. The summed E-state index contributed by atoms with van der Waals surface area (Å²) in [5.74, 6) is -0.795. The van der Waals surface area contributed by atoms with Gasteiger partial charge in [0.2, 0.25) is 0 Å². The molecule has 3 aromatic heterocycles. The van der Waals surface area contributed by atoms with Crippen molar-refractivity contribution >= 4 is 28.1 Å². The number of allylic oxidation sites excluding steroid dienone is 2. The van der Waals surface area contributed by atoms with Crippen LogP contribution in [0.3, 0.4) is 0 Å². The summed E-state index contributed by atoms with van der Waals surface area (Å²) in [5.41, 5.74) is 5.52. The lowest BCUT2D eigenvalue weighted by molar-refractivity contribution is 0.0694. The molecule has 1 aliphatic carbocycles. The smallest absolute Gasteiger partial charge is 0.341 e. The van der Waals surface area contributed by atoms with Crippen molar-refractivity contribution in [2.75, 3.05) is 0 Å². The van der Waals surface area contributed by atoms with Crippen LogP contribution in [0.1, 0.15) is 59.3 Å². The number of fused-ring (bicyclic) bond motifs is 2. The second-order valence-electron chi connectivity index (χ2n) is 7.39. The minimum atomic E-state index is -1.15. The molecule has 0 amide bonds. The van der Waals surface area contributed by atoms with Crippen molar-refractivity contribution in [3.63, 3.8) is 0 Å². The van der Waals surface area contributed by atoms with Gasteiger partial charge in [0.25, 0.3) is 5.56 Å². The molecule has 1 fully saturated rings. The van der Waals surface area contributed by atoms with Crippen molar-refractivity contribution in [2.45, 2.75) is 38.6 Å². The van der Waals surface area contributed by atoms with Crippen molar-refractivity contribution in [1.29, 1.82) is 0 Å². The summed E-state index contributed by atoms with van der Waals surface area (Å²) in [6.45, 7) is 2.53. The number of pyridine rings is 2. The van der Waals surface area contributed by atoms with E-state index in [1.54, 1.807) is 10.6 Å². The van der Waals surface area contributed by atoms with Crippen LogP contribution in [0.25, 0.3) is 22.2 Å². The van der Waals surface area contributed by atoms with Crippen molar-refractivity contribution in [3.8, 4) is 0 Å². The minimum absolute atomic E-state index is 0.118. The van der Waals surface area contributed by atoms with Gasteiger partial charge >= 0.3 is 5.97 Å². The lowest BCUT2D eigenvalue weighted by Gasteiger charge is -2.26. The maximum atomic E-state index is 12.7. The molecule has 0 spiro atoms. The summed E-state index contributed by atoms with van der Waals surface area (Å²) < 4.78 is 1.66. The monoisotopic (exact) mass is 361 g/mol. The van der Waals surface area contributed by atoms with Gasteiger partial charge in [-0.1, -0.05) is 0 Å². The standard InChI is InChI=1S/C21H19N3O3/c1-11-15(14-8-13-4-6-22-19(13)23-10-14)5-7-24-18(11)16(12-2-3-12)9-17(20(24)25)21(26)27/h4,6,8-10,12H,2-3,5,7H2,1H3,(H,22,23)(H,26,27). The van der Waals surface area contributed by atoms with Gasteiger partial charge in [-0.2, -0.15) is 0 Å². The summed E-state index contributed by atoms with van der Waals surface area (Å²) in [6.07, 6.45) is 6.52. The molecule has 2 aliphatic rings. The number of nitrogens with one attached hydrogen (secondary N) is 1. The molecule has 4 heterocycles. The predicted molar refractivity (Wildman–Crippen MR) is 103 cm³/mol. The number of carboxylic acid groups (broad SMARTS) is 1. The number of H-pyrrole nitrogens is 1. The number of nitrogens with zero attached hydrogens (tertiary/aromatic N) is 2. The van der Waals surface area contributed by atoms with E-state index in [2.05, 4.69) is 16.0 Å². The lowest BCUT2D eigenvalue weighted by Crippen LogP contribution is -2.32. The first-order chi connectivity index (χ1) is 13.0. The van der Waals surface area contributed by atoms with Crippen molar-refractivity contribution in [3.05, 3.63) is 63.3 Å². The van der Waals surface area contributed by atoms with E-state index < -0.39 is 11.5 Å². The third-order valence-corrected chi connectivity index (χ3v) is 5.71. The van der Waals surface area contributed by atoms with E-state index in [1.165, 1.54) is 5.57 Å². The van der Waals surface area contributed by atoms with Gasteiger partial charge in [0.1, 0.15) is 11.2 Å². The minimum Gasteiger partial charge on any atom is -0.477 e. The van der Waals surface area contributed by atoms with E-state index >= 15 is 0 Å². The van der Waals surface area contributed by atoms with Gasteiger partial charge in [-0.3, -0.25) is 4.79 Å². The highest BCUT2D eigenvalue weighted by Crippen LogP contribution is 2.45. The first-order valence-electron chi connectivity index (χ1n) is 9.19. The lowest BCUT2D eigenvalue weighted by atomic mass is 9.89. The second-order valence-corrected chi connectivity index (χ2v) is 7.39. The number of carboxylic acids is 1. The first kappa shape index (κ1) is 16.1. The van der Waals surface area contributed by atoms with Gasteiger partial charge < -0.3 is 14.7 Å². The van der Waals surface area contributed by atoms with Gasteiger partial charge in [0.15, 0.2) is 0 Å². The molecule has 27 heavy (non-hydrogen) atoms. The van der Waals surface area contributed by atoms with E-state index in [0.717, 1.165) is 46.3 Å². The van der Waals surface area contributed by atoms with E-state index in [9.17, 15) is 14.7 Å². The Hall–Kier alpha value is -3.15. The molecule has 0 unspecified atom stereocenters. The predicted octanol–water partition coefficient (Wildman–Crippen LogP) is 3.63. The zero-order valence-electron chi connectivity index (χ0n) is 15.0. The number of hydrogen-bond acceptors (Lipinski definition) is 3. The SMILES string of the molecule is CC1=C(c2cnc3[nH]ccc3c2)CCn2c1c(C1CC1)cc(C(=O)O)c2=O. The Bertz CT molecular complexity index is 1200. The Labute approximate surface area is 155 Å². The largest absolute Gasteiger partial charge is 0.477 e. The Morgan fingerprint density at radius 3 is 2.89 bits per heavy atom. The normalized spacial score (nSPS) is 16.6. The maximum absolute atomic E-state index is 12.7. The fraction of sp³-hybridized carbons (Fsp3) is 0.286. The van der Waals surface area contributed by atoms with Crippen LogP contribution in [0, 0.1) is 0 Å². The summed E-state index contributed by atoms with van der Waals surface area (Å²) in [6, 6.07) is 5.72. The van der Waals surface area contributed by atoms with E-state index in [1.807, 2.05) is 25.4 Å². The number of carbonyl (C=O) groups is 1. The molecular weight excluding hydrogens is 342 g/mol. The maximum Gasteiger partial charge on any atom is 0.341 e. The quantitative estimate of drug-likeness (QED) is 0.745. The highest BCUT2D eigenvalue weighted by atomic mass is 16.4. The van der Waals surface area contributed by atoms with Gasteiger partial charge in [-0.25, -0.2) is 9.78 Å². The summed E-state index contributed by atoms with van der Waals surface area (Å²) >= 11 is 0. The third kappa shape index (κ3) is 2.44. The molecule has 0 atom stereocenters. The van der Waals surface area contributed by atoms with Gasteiger partial charge in [-0.15, -0.1) is 0 Å². The molecule has 5 rings (SSSR count). The van der Waals surface area contributed by atoms with Gasteiger partial charge in [0.05, 0.1) is 5.69 Å². The van der Waals surface area contributed by atoms with Crippen LogP contribution in [0.15, 0.2) is 35.4 Å². The fourth-order valence-corrected chi connectivity index (χ4v) is 4.20.